The molecule has 3 aliphatic rings. The van der Waals surface area contributed by atoms with Gasteiger partial charge in [0.25, 0.3) is 5.79 Å². The Morgan fingerprint density at radius 1 is 0.640 bits per heavy atom. The summed E-state index contributed by atoms with van der Waals surface area (Å²) in [7, 11) is 9.34. The predicted molar refractivity (Wildman–Crippen MR) is 85.3 cm³/mol. The van der Waals surface area contributed by atoms with Crippen molar-refractivity contribution in [3.8, 4) is 0 Å². The zero-order valence-corrected chi connectivity index (χ0v) is 15.3. The molecule has 0 N–H and O–H groups in total. The number of hydrogen-bond donors (Lipinski definition) is 0. The zero-order chi connectivity index (χ0) is 18.2. The Hall–Kier alpha value is -1.35. The van der Waals surface area contributed by atoms with Gasteiger partial charge in [-0.15, -0.1) is 0 Å². The molecule has 0 amide bonds. The van der Waals surface area contributed by atoms with Crippen LogP contribution in [0.4, 0.5) is 0 Å². The molecule has 136 valence electrons. The van der Waals surface area contributed by atoms with Gasteiger partial charge in [-0.25, -0.2) is 0 Å². The quantitative estimate of drug-likeness (QED) is 0.717. The van der Waals surface area contributed by atoms with Crippen molar-refractivity contribution in [3.63, 3.8) is 0 Å². The molecular weight excluding hydrogens is 328 g/mol. The smallest absolute Gasteiger partial charge is 0.261 e. The number of Topliss-reactive ketones (excluding diaryl/α,β-unsaturated/α-hetero) is 1. The van der Waals surface area contributed by atoms with Crippen LogP contribution in [-0.2, 0) is 58.6 Å². The first kappa shape index (κ1) is 17.1. The van der Waals surface area contributed by atoms with E-state index in [4.69, 9.17) is 28.4 Å². The van der Waals surface area contributed by atoms with Gasteiger partial charge in [0.2, 0.25) is 5.78 Å². The molecule has 0 atom stereocenters. The van der Waals surface area contributed by atoms with E-state index >= 15 is 0 Å². The molecule has 0 fully saturated rings. The number of methoxy groups -OCH3 is 6. The highest BCUT2D eigenvalue weighted by Crippen LogP contribution is 2.62. The van der Waals surface area contributed by atoms with E-state index in [1.165, 1.54) is 14.2 Å². The largest absolute Gasteiger partial charge is 0.349 e. The van der Waals surface area contributed by atoms with E-state index in [1.54, 1.807) is 28.4 Å². The first-order chi connectivity index (χ1) is 12.0. The van der Waals surface area contributed by atoms with Crippen LogP contribution in [0.1, 0.15) is 38.2 Å². The molecular formula is C18H22O7. The van der Waals surface area contributed by atoms with Gasteiger partial charge in [0.15, 0.2) is 11.6 Å². The fourth-order valence-electron chi connectivity index (χ4n) is 4.64. The van der Waals surface area contributed by atoms with Crippen LogP contribution in [0.5, 0.6) is 0 Å². The van der Waals surface area contributed by atoms with Gasteiger partial charge in [0.1, 0.15) is 0 Å². The van der Waals surface area contributed by atoms with Gasteiger partial charge in [-0.2, -0.15) is 0 Å². The van der Waals surface area contributed by atoms with Crippen LogP contribution in [0, 0.1) is 0 Å². The Labute approximate surface area is 146 Å². The van der Waals surface area contributed by atoms with Crippen molar-refractivity contribution in [2.45, 2.75) is 30.2 Å². The number of carbonyl (C=O) groups excluding carboxylic acids is 1. The minimum Gasteiger partial charge on any atom is -0.349 e. The standard InChI is InChI=1S/C18H22O7/c1-20-16(21-2)7-9-11-12(18(24-5,25-6)15(11)19)10-8-17(22-3,23-4)14(10)13(9)16/h7-8H2,1-6H3. The Bertz CT molecular complexity index is 770. The van der Waals surface area contributed by atoms with Gasteiger partial charge < -0.3 is 28.4 Å². The van der Waals surface area contributed by atoms with Crippen LogP contribution in [-0.4, -0.2) is 48.4 Å². The number of ether oxygens (including phenoxy) is 6. The highest BCUT2D eigenvalue weighted by atomic mass is 16.7. The second kappa shape index (κ2) is 5.09. The van der Waals surface area contributed by atoms with Crippen molar-refractivity contribution in [3.05, 3.63) is 33.4 Å². The number of hydrogen-bond acceptors (Lipinski definition) is 7. The number of ketones is 1. The van der Waals surface area contributed by atoms with Crippen LogP contribution in [0.25, 0.3) is 0 Å². The van der Waals surface area contributed by atoms with E-state index in [9.17, 15) is 4.79 Å². The lowest BCUT2D eigenvalue weighted by molar-refractivity contribution is -0.256. The summed E-state index contributed by atoms with van der Waals surface area (Å²) in [6.07, 6.45) is 0.972. The maximum Gasteiger partial charge on any atom is 0.261 e. The number of carbonyl (C=O) groups is 1. The molecule has 0 aromatic heterocycles. The first-order valence-electron chi connectivity index (χ1n) is 8.04. The summed E-state index contributed by atoms with van der Waals surface area (Å²) in [5, 5.41) is 0. The minimum atomic E-state index is -1.35. The third-order valence-corrected chi connectivity index (χ3v) is 6.04. The summed E-state index contributed by atoms with van der Waals surface area (Å²) in [4.78, 5) is 12.8. The van der Waals surface area contributed by atoms with Crippen LogP contribution in [0.15, 0.2) is 0 Å². The fraction of sp³-hybridized carbons (Fsp3) is 0.611. The van der Waals surface area contributed by atoms with E-state index in [2.05, 4.69) is 0 Å². The maximum absolute atomic E-state index is 12.8. The average molecular weight is 350 g/mol. The summed E-state index contributed by atoms with van der Waals surface area (Å²) >= 11 is 0. The lowest BCUT2D eigenvalue weighted by Gasteiger charge is -2.56. The Morgan fingerprint density at radius 3 is 1.52 bits per heavy atom. The summed E-state index contributed by atoms with van der Waals surface area (Å²) in [5.41, 5.74) is 4.96. The third-order valence-electron chi connectivity index (χ3n) is 6.04. The van der Waals surface area contributed by atoms with E-state index in [0.29, 0.717) is 18.4 Å². The number of fused-ring (bicyclic) bond motifs is 6. The van der Waals surface area contributed by atoms with Crippen LogP contribution in [0.3, 0.4) is 0 Å². The van der Waals surface area contributed by atoms with Gasteiger partial charge >= 0.3 is 0 Å². The normalized spacial score (nSPS) is 22.9. The third kappa shape index (κ3) is 1.56. The molecule has 0 unspecified atom stereocenters. The Morgan fingerprint density at radius 2 is 1.08 bits per heavy atom. The molecule has 0 saturated carbocycles. The Kier molecular flexibility index (Phi) is 3.48. The highest BCUT2D eigenvalue weighted by Gasteiger charge is 2.66. The minimum absolute atomic E-state index is 0.167. The number of benzene rings is 1. The van der Waals surface area contributed by atoms with Crippen molar-refractivity contribution < 1.29 is 33.2 Å². The zero-order valence-electron chi connectivity index (χ0n) is 15.3. The predicted octanol–water partition coefficient (Wildman–Crippen LogP) is 1.33. The monoisotopic (exact) mass is 350 g/mol. The molecule has 1 aromatic rings. The maximum atomic E-state index is 12.8. The average Bonchev–Trinajstić information content (AvgIpc) is 2.62. The molecule has 1 aromatic carbocycles. The van der Waals surface area contributed by atoms with Gasteiger partial charge in [-0.05, 0) is 11.1 Å². The molecule has 0 saturated heterocycles. The summed E-state index contributed by atoms with van der Waals surface area (Å²) in [6, 6.07) is 0. The van der Waals surface area contributed by atoms with Crippen molar-refractivity contribution >= 4 is 5.78 Å². The molecule has 3 aliphatic carbocycles. The molecule has 0 bridgehead atoms. The molecule has 0 aliphatic heterocycles. The fourth-order valence-corrected chi connectivity index (χ4v) is 4.64. The van der Waals surface area contributed by atoms with Gasteiger partial charge in [-0.1, -0.05) is 0 Å². The Balaban J connectivity index is 2.03. The molecule has 25 heavy (non-hydrogen) atoms. The van der Waals surface area contributed by atoms with Crippen molar-refractivity contribution in [2.24, 2.45) is 0 Å². The lowest BCUT2D eigenvalue weighted by Crippen LogP contribution is -2.60. The second-order valence-corrected chi connectivity index (χ2v) is 6.49. The van der Waals surface area contributed by atoms with Crippen LogP contribution < -0.4 is 0 Å². The SMILES string of the molecule is COC1(OC)Cc2c3c(c4c(c21)C(OC)(OC)C4)C(OC)(OC)C3=O. The summed E-state index contributed by atoms with van der Waals surface area (Å²) < 4.78 is 33.6. The van der Waals surface area contributed by atoms with E-state index in [-0.39, 0.29) is 5.78 Å². The number of rotatable bonds is 6. The molecule has 7 nitrogen and oxygen atoms in total. The summed E-state index contributed by atoms with van der Waals surface area (Å²) in [5.74, 6) is -3.29. The lowest BCUT2D eigenvalue weighted by atomic mass is 9.58. The van der Waals surface area contributed by atoms with E-state index < -0.39 is 17.4 Å². The van der Waals surface area contributed by atoms with Crippen molar-refractivity contribution in [2.75, 3.05) is 42.7 Å². The van der Waals surface area contributed by atoms with Gasteiger partial charge in [0, 0.05) is 77.8 Å². The van der Waals surface area contributed by atoms with Gasteiger partial charge in [0.05, 0.1) is 0 Å². The van der Waals surface area contributed by atoms with Crippen molar-refractivity contribution in [1.29, 1.82) is 0 Å². The highest BCUT2D eigenvalue weighted by molar-refractivity contribution is 6.14. The van der Waals surface area contributed by atoms with Crippen LogP contribution in [0.2, 0.25) is 0 Å². The van der Waals surface area contributed by atoms with E-state index in [1.807, 2.05) is 0 Å². The molecule has 7 heteroatoms. The van der Waals surface area contributed by atoms with Crippen molar-refractivity contribution in [1.82, 2.24) is 0 Å². The second-order valence-electron chi connectivity index (χ2n) is 6.49. The van der Waals surface area contributed by atoms with Gasteiger partial charge in [-0.3, -0.25) is 4.79 Å². The topological polar surface area (TPSA) is 72.5 Å². The van der Waals surface area contributed by atoms with E-state index in [0.717, 1.165) is 27.8 Å². The molecule has 0 radical (unpaired) electrons. The summed E-state index contributed by atoms with van der Waals surface area (Å²) in [6.45, 7) is 0. The molecule has 0 heterocycles. The molecule has 4 rings (SSSR count). The first-order valence-corrected chi connectivity index (χ1v) is 8.04. The van der Waals surface area contributed by atoms with Crippen LogP contribution >= 0.6 is 0 Å². The molecule has 0 spiro atoms.